The molecule has 14 aromatic carbocycles. The van der Waals surface area contributed by atoms with Crippen LogP contribution in [-0.2, 0) is 63.4 Å². The first-order chi connectivity index (χ1) is 66.8. The second-order valence-electron chi connectivity index (χ2n) is 30.3. The normalized spacial score (nSPS) is 12.1. The van der Waals surface area contributed by atoms with Crippen molar-refractivity contribution in [3.63, 3.8) is 0 Å². The largest absolute Gasteiger partial charge is 0.0622 e. The van der Waals surface area contributed by atoms with Crippen LogP contribution < -0.4 is 74.3 Å². The van der Waals surface area contributed by atoms with Crippen LogP contribution in [0.2, 0.25) is 0 Å². The molecule has 18 rings (SSSR count). The van der Waals surface area contributed by atoms with Crippen LogP contribution in [0.25, 0.3) is 5.57 Å². The molecule has 0 atom stereocenters. The molecule has 2 N–H and O–H groups in total. The number of benzene rings is 14. The summed E-state index contributed by atoms with van der Waals surface area (Å²) in [5.74, 6) is -0.453. The van der Waals surface area contributed by atoms with Gasteiger partial charge in [-0.3, -0.25) is 4.98 Å². The quantitative estimate of drug-likeness (QED) is 0.0232. The van der Waals surface area contributed by atoms with E-state index in [4.69, 9.17) is 0 Å². The van der Waals surface area contributed by atoms with Gasteiger partial charge in [0.15, 0.2) is 0 Å². The Labute approximate surface area is 842 Å². The third-order valence-electron chi connectivity index (χ3n) is 20.6. The molecule has 4 heterocycles. The summed E-state index contributed by atoms with van der Waals surface area (Å²) in [5, 5.41) is 21.7. The number of nitrogens with one attached hydrogen (secondary N) is 2. The number of carbonyl (C=O) groups is 2. The van der Waals surface area contributed by atoms with E-state index in [9.17, 15) is 57.5 Å². The number of carbonyl (C=O) groups excluding carboxylic acids is 2. The maximum Gasteiger partial charge on any atom is -0.0134 e. The van der Waals surface area contributed by atoms with E-state index in [1.54, 1.807) is 17.3 Å². The van der Waals surface area contributed by atoms with Crippen LogP contribution in [0.5, 0.6) is 0 Å². The van der Waals surface area contributed by atoms with Crippen molar-refractivity contribution in [3.8, 4) is 0 Å². The Balaban J connectivity index is 0.000000169. The Bertz CT molecular complexity index is 5650. The van der Waals surface area contributed by atoms with Crippen LogP contribution in [-0.4, -0.2) is 71.9 Å². The maximum absolute atomic E-state index is 12.6. The van der Waals surface area contributed by atoms with Crippen LogP contribution in [0, 0.1) is 20.0 Å². The molecule has 708 valence electrons. The van der Waals surface area contributed by atoms with E-state index in [0.717, 1.165) is 69.8 Å². The molecule has 28 heteroatoms. The molecule has 2 aromatic heterocycles. The average molecular weight is 2170 g/mol. The number of hydrogen-bond donors (Lipinski definition) is 2. The zero-order valence-electron chi connectivity index (χ0n) is 75.5. The molecule has 4 amide bonds. The molecule has 0 radical (unpaired) electrons. The first kappa shape index (κ1) is 109. The van der Waals surface area contributed by atoms with Crippen molar-refractivity contribution >= 4 is 148 Å². The van der Waals surface area contributed by atoms with E-state index in [1.165, 1.54) is 92.1 Å². The topological polar surface area (TPSA) is 134 Å². The van der Waals surface area contributed by atoms with Crippen LogP contribution in [0.3, 0.4) is 0 Å². The Morgan fingerprint density at radius 1 is 0.353 bits per heavy atom. The Morgan fingerprint density at radius 2 is 0.604 bits per heavy atom. The van der Waals surface area contributed by atoms with Crippen LogP contribution in [0.15, 0.2) is 467 Å². The van der Waals surface area contributed by atoms with Gasteiger partial charge in [0.2, 0.25) is 0 Å². The van der Waals surface area contributed by atoms with Gasteiger partial charge in [-0.1, -0.05) is 395 Å². The van der Waals surface area contributed by atoms with E-state index in [1.807, 2.05) is 44.2 Å². The van der Waals surface area contributed by atoms with Gasteiger partial charge in [0.05, 0.1) is 16.8 Å². The molecule has 0 spiro atoms. The Kier molecular flexibility index (Phi) is 44.2. The third kappa shape index (κ3) is 34.5. The Hall–Kier alpha value is -12.0. The minimum absolute atomic E-state index is 0. The van der Waals surface area contributed by atoms with Crippen LogP contribution in [0.4, 0.5) is 60.5 Å². The van der Waals surface area contributed by atoms with E-state index in [-0.39, 0.29) is 51.7 Å². The van der Waals surface area contributed by atoms with Gasteiger partial charge in [-0.15, -0.1) is 5.56 Å². The smallest absolute Gasteiger partial charge is 0.0134 e. The second-order valence-corrected chi connectivity index (χ2v) is 40.7. The number of amides is 4. The maximum atomic E-state index is 12.6. The number of aromatic nitrogens is 2. The van der Waals surface area contributed by atoms with Gasteiger partial charge in [-0.25, -0.2) is 9.59 Å². The number of pyridine rings is 2. The van der Waals surface area contributed by atoms with Gasteiger partial charge in [0.1, 0.15) is 5.76 Å². The van der Waals surface area contributed by atoms with Crippen molar-refractivity contribution in [2.45, 2.75) is 44.6 Å². The average Bonchev–Trinajstić information content (AvgIpc) is 0.828. The number of alkyl halides is 9. The molecule has 16 aromatic rings. The van der Waals surface area contributed by atoms with E-state index in [0.29, 0.717) is 25.2 Å². The number of aryl methyl sites for hydroxylation is 2. The van der Waals surface area contributed by atoms with Gasteiger partial charge in [-0.2, -0.15) is 60.1 Å². The molecule has 0 aliphatic carbocycles. The number of anilines is 2. The van der Waals surface area contributed by atoms with Crippen molar-refractivity contribution in [3.05, 3.63) is 501 Å². The fourth-order valence-electron chi connectivity index (χ4n) is 14.0. The Morgan fingerprint density at radius 3 is 0.799 bits per heavy atom. The van der Waals surface area contributed by atoms with Crippen molar-refractivity contribution in [2.75, 3.05) is 36.8 Å². The first-order valence-electron chi connectivity index (χ1n) is 43.5. The first-order valence-corrected chi connectivity index (χ1v) is 57.2. The minimum atomic E-state index is -5.78. The van der Waals surface area contributed by atoms with Gasteiger partial charge in [0.25, 0.3) is 0 Å². The molecule has 0 fully saturated rings. The van der Waals surface area contributed by atoms with Gasteiger partial charge < -0.3 is 29.6 Å². The summed E-state index contributed by atoms with van der Waals surface area (Å²) in [6.45, 7) is 4.52. The molecule has 11 nitrogen and oxygen atoms in total. The van der Waals surface area contributed by atoms with Crippen molar-refractivity contribution in [1.82, 2.24) is 19.8 Å². The number of rotatable bonds is 17. The third-order valence-corrected chi connectivity index (χ3v) is 31.4. The molecule has 0 bridgehead atoms. The minimum Gasteiger partial charge on any atom is -0.0622 e. The number of nitrogens with zero attached hydrogens (tertiary/aromatic N) is 4. The molecular formula is C111H96BrF9N6O5P4PdSZn. The molecule has 2 aliphatic heterocycles. The summed E-state index contributed by atoms with van der Waals surface area (Å²) in [6.07, 6.45) is 0.690. The summed E-state index contributed by atoms with van der Waals surface area (Å²) in [7, 11) is -7.56. The number of halogens is 10. The van der Waals surface area contributed by atoms with Crippen molar-refractivity contribution in [1.29, 1.82) is 0 Å². The molecule has 0 saturated carbocycles. The molecule has 0 saturated heterocycles. The summed E-state index contributed by atoms with van der Waals surface area (Å²) in [6, 6.07) is 144. The fraction of sp³-hybridized carbons (Fsp3) is 0.0991. The van der Waals surface area contributed by atoms with Gasteiger partial charge in [0, 0.05) is 70.6 Å². The van der Waals surface area contributed by atoms with Gasteiger partial charge in [-0.05, 0) is 180 Å². The molecular weight excluding hydrogens is 2080 g/mol. The van der Waals surface area contributed by atoms with E-state index in [2.05, 4.69) is 409 Å². The van der Waals surface area contributed by atoms with E-state index < -0.39 is 82.6 Å². The predicted molar refractivity (Wildman–Crippen MR) is 552 cm³/mol. The summed E-state index contributed by atoms with van der Waals surface area (Å²) in [5.41, 5.74) is -2.58. The van der Waals surface area contributed by atoms with Crippen LogP contribution in [0.1, 0.15) is 40.8 Å². The molecule has 2 aliphatic rings. The SMILES string of the molecule is Cc1[c-]nccc1.Cc1cccnc1C1=CCN(C(=O)Nc2ccc(C(F)(F)F)cc2)CC1.O=C(Nc1ccc(C(F)(F)F)cc1)N1CC=C(OS(=O)(=O)C(F)(F)F)CC1.[Pd].[Zn+][Br].c1ccc(P(c2ccccc2)c2ccccc2)cc1.c1ccc(P(c2ccccc2)c2ccccc2)cc1.c1ccc(P(c2ccccc2)c2ccccc2)cc1.c1ccc(P(c2ccccc2)c2ccccc2)cc1. The molecule has 0 unspecified atom stereocenters. The molecule has 139 heavy (non-hydrogen) atoms. The predicted octanol–water partition coefficient (Wildman–Crippen LogP) is 24.2. The van der Waals surface area contributed by atoms with Gasteiger partial charge >= 0.3 is 70.0 Å². The van der Waals surface area contributed by atoms with E-state index >= 15 is 0 Å². The van der Waals surface area contributed by atoms with Crippen molar-refractivity contribution < 1.29 is 98.5 Å². The number of urea groups is 2. The standard InChI is InChI=1S/C19H18F3N3O.4C18H15P.C14H12F6N2O4S.C6H6N.BrH.Pd.Zn/c1-13-3-2-10-23-17(13)14-8-11-25(12-9-14)18(26)24-16-6-4-15(5-7-16)19(20,21)22;4*1-4-10-16(11-5-1)19(17-12-6-2-7-13-17)18-14-8-3-9-15-18;15-13(16,17)9-1-3-10(4-2-9)21-12(23)22-7-5-11(6-8-22)26-27(24,25)14(18,19)20;1-6-3-2-4-7-5-6;;;/h2-8,10H,9,11-12H2,1H3,(H,24,26);4*1-15H;1-5H,6-8H2,(H,21,23);2-4H,1H3;1H;;/q;;;;;;-1;;;+2/p-1. The van der Waals surface area contributed by atoms with Crippen LogP contribution >= 0.6 is 45.3 Å². The summed E-state index contributed by atoms with van der Waals surface area (Å²) >= 11 is 4.25. The monoisotopic (exact) mass is 2170 g/mol. The fourth-order valence-corrected chi connectivity index (χ4v) is 23.7. The second kappa shape index (κ2) is 56.3. The zero-order chi connectivity index (χ0) is 98.0. The number of hydrogen-bond acceptors (Lipinski definition) is 7. The summed E-state index contributed by atoms with van der Waals surface area (Å²) < 4.78 is 138. The zero-order valence-corrected chi connectivity index (χ0v) is 86.0. The van der Waals surface area contributed by atoms with Crippen molar-refractivity contribution in [2.24, 2.45) is 0 Å². The summed E-state index contributed by atoms with van der Waals surface area (Å²) in [4.78, 5) is 35.2.